The molecule has 0 radical (unpaired) electrons. The maximum atomic E-state index is 11.7. The lowest BCUT2D eigenvalue weighted by atomic mass is 9.92. The zero-order valence-corrected chi connectivity index (χ0v) is 14.1. The van der Waals surface area contributed by atoms with E-state index >= 15 is 0 Å². The number of rotatable bonds is 4. The van der Waals surface area contributed by atoms with Gasteiger partial charge in [-0.1, -0.05) is 42.5 Å². The van der Waals surface area contributed by atoms with E-state index in [0.29, 0.717) is 17.9 Å². The van der Waals surface area contributed by atoms with Crippen LogP contribution in [-0.2, 0) is 10.7 Å². The maximum Gasteiger partial charge on any atom is 0.330 e. The van der Waals surface area contributed by atoms with Crippen molar-refractivity contribution in [3.8, 4) is 5.75 Å². The van der Waals surface area contributed by atoms with Gasteiger partial charge in [-0.3, -0.25) is 4.57 Å². The predicted octanol–water partition coefficient (Wildman–Crippen LogP) is 4.66. The number of ether oxygens (including phenoxy) is 1. The van der Waals surface area contributed by atoms with Crippen LogP contribution in [0.15, 0.2) is 48.5 Å². The van der Waals surface area contributed by atoms with Crippen molar-refractivity contribution in [3.63, 3.8) is 0 Å². The Morgan fingerprint density at radius 2 is 1.62 bits per heavy atom. The second kappa shape index (κ2) is 5.45. The van der Waals surface area contributed by atoms with Crippen LogP contribution >= 0.6 is 7.60 Å². The first-order chi connectivity index (χ1) is 11.5. The fourth-order valence-corrected chi connectivity index (χ4v) is 4.23. The molecule has 122 valence electrons. The van der Waals surface area contributed by atoms with Crippen LogP contribution < -0.4 is 4.74 Å². The van der Waals surface area contributed by atoms with Gasteiger partial charge in [-0.15, -0.1) is 0 Å². The SMILES string of the molecule is CCOc1cc2ccc3cccc4ccc(c1CP(=O)(O)O)c2c34. The summed E-state index contributed by atoms with van der Waals surface area (Å²) < 4.78 is 17.3. The summed E-state index contributed by atoms with van der Waals surface area (Å²) in [5.74, 6) is 0.548. The molecule has 2 N–H and O–H groups in total. The first-order valence-corrected chi connectivity index (χ1v) is 9.64. The van der Waals surface area contributed by atoms with Crippen LogP contribution in [0, 0.1) is 0 Å². The average molecular weight is 340 g/mol. The molecule has 0 amide bonds. The first-order valence-electron chi connectivity index (χ1n) is 7.84. The Morgan fingerprint density at radius 1 is 0.958 bits per heavy atom. The minimum atomic E-state index is -4.21. The Balaban J connectivity index is 2.17. The Labute approximate surface area is 139 Å². The summed E-state index contributed by atoms with van der Waals surface area (Å²) in [6, 6.07) is 16.1. The molecule has 0 aliphatic rings. The van der Waals surface area contributed by atoms with Gasteiger partial charge in [0, 0.05) is 5.56 Å². The monoisotopic (exact) mass is 340 g/mol. The Bertz CT molecular complexity index is 1080. The fourth-order valence-electron chi connectivity index (χ4n) is 3.50. The molecule has 0 heterocycles. The molecule has 0 unspecified atom stereocenters. The summed E-state index contributed by atoms with van der Waals surface area (Å²) in [6.07, 6.45) is -0.323. The van der Waals surface area contributed by atoms with Gasteiger partial charge in [0.25, 0.3) is 0 Å². The minimum Gasteiger partial charge on any atom is -0.494 e. The number of hydrogen-bond donors (Lipinski definition) is 2. The second-order valence-corrected chi connectivity index (χ2v) is 7.61. The summed E-state index contributed by atoms with van der Waals surface area (Å²) >= 11 is 0. The summed E-state index contributed by atoms with van der Waals surface area (Å²) in [5.41, 5.74) is 0.580. The van der Waals surface area contributed by atoms with Crippen molar-refractivity contribution in [2.45, 2.75) is 13.1 Å². The van der Waals surface area contributed by atoms with Crippen LogP contribution in [0.4, 0.5) is 0 Å². The lowest BCUT2D eigenvalue weighted by molar-refractivity contribution is 0.335. The molecule has 0 aliphatic heterocycles. The van der Waals surface area contributed by atoms with Crippen LogP contribution in [0.2, 0.25) is 0 Å². The molecule has 0 fully saturated rings. The molecule has 4 aromatic rings. The Kier molecular flexibility index (Phi) is 3.50. The smallest absolute Gasteiger partial charge is 0.330 e. The first kappa shape index (κ1) is 15.4. The maximum absolute atomic E-state index is 11.7. The molecule has 0 aromatic heterocycles. The van der Waals surface area contributed by atoms with Crippen molar-refractivity contribution >= 4 is 39.9 Å². The zero-order valence-electron chi connectivity index (χ0n) is 13.2. The van der Waals surface area contributed by atoms with Gasteiger partial charge in [0.05, 0.1) is 12.8 Å². The summed E-state index contributed by atoms with van der Waals surface area (Å²) in [6.45, 7) is 2.31. The topological polar surface area (TPSA) is 66.8 Å². The fraction of sp³-hybridized carbons (Fsp3) is 0.158. The highest BCUT2D eigenvalue weighted by molar-refractivity contribution is 7.50. The molecule has 4 aromatic carbocycles. The van der Waals surface area contributed by atoms with E-state index in [4.69, 9.17) is 4.74 Å². The van der Waals surface area contributed by atoms with Crippen molar-refractivity contribution in [1.29, 1.82) is 0 Å². The van der Waals surface area contributed by atoms with Crippen molar-refractivity contribution in [2.75, 3.05) is 6.61 Å². The minimum absolute atomic E-state index is 0.323. The van der Waals surface area contributed by atoms with Crippen LogP contribution in [0.5, 0.6) is 5.75 Å². The van der Waals surface area contributed by atoms with Gasteiger partial charge < -0.3 is 14.5 Å². The Hall–Kier alpha value is -2.13. The molecule has 0 spiro atoms. The van der Waals surface area contributed by atoms with E-state index in [0.717, 1.165) is 32.3 Å². The lowest BCUT2D eigenvalue weighted by Gasteiger charge is -2.18. The van der Waals surface area contributed by atoms with Crippen molar-refractivity contribution in [3.05, 3.63) is 54.1 Å². The second-order valence-electron chi connectivity index (χ2n) is 5.97. The summed E-state index contributed by atoms with van der Waals surface area (Å²) in [7, 11) is -4.21. The van der Waals surface area contributed by atoms with Crippen molar-refractivity contribution in [2.24, 2.45) is 0 Å². The van der Waals surface area contributed by atoms with Crippen LogP contribution in [0.3, 0.4) is 0 Å². The molecule has 0 bridgehead atoms. The molecule has 0 saturated heterocycles. The van der Waals surface area contributed by atoms with E-state index in [1.165, 1.54) is 0 Å². The van der Waals surface area contributed by atoms with E-state index in [-0.39, 0.29) is 6.16 Å². The largest absolute Gasteiger partial charge is 0.494 e. The molecular formula is C19H17O4P. The van der Waals surface area contributed by atoms with Gasteiger partial charge in [0.1, 0.15) is 5.75 Å². The van der Waals surface area contributed by atoms with E-state index in [9.17, 15) is 14.4 Å². The standard InChI is InChI=1S/C19H17O4P/c1-2-23-17-10-14-7-6-12-4-3-5-13-8-9-15(19(14)18(12)13)16(17)11-24(20,21)22/h3-10H,2,11H2,1H3,(H2,20,21,22). The van der Waals surface area contributed by atoms with Crippen LogP contribution in [0.1, 0.15) is 12.5 Å². The highest BCUT2D eigenvalue weighted by Gasteiger charge is 2.22. The third kappa shape index (κ3) is 2.44. The van der Waals surface area contributed by atoms with Crippen molar-refractivity contribution < 1.29 is 19.1 Å². The third-order valence-corrected chi connectivity index (χ3v) is 5.11. The van der Waals surface area contributed by atoms with Gasteiger partial charge in [0.15, 0.2) is 0 Å². The van der Waals surface area contributed by atoms with Crippen LogP contribution in [-0.4, -0.2) is 16.4 Å². The molecule has 5 heteroatoms. The summed E-state index contributed by atoms with van der Waals surface area (Å²) in [5, 5.41) is 6.28. The molecule has 0 aliphatic carbocycles. The highest BCUT2D eigenvalue weighted by atomic mass is 31.2. The average Bonchev–Trinajstić information content (AvgIpc) is 2.54. The van der Waals surface area contributed by atoms with Crippen LogP contribution in [0.25, 0.3) is 32.3 Å². The van der Waals surface area contributed by atoms with Crippen molar-refractivity contribution in [1.82, 2.24) is 0 Å². The van der Waals surface area contributed by atoms with E-state index in [1.807, 2.05) is 37.3 Å². The van der Waals surface area contributed by atoms with Gasteiger partial charge >= 0.3 is 7.60 Å². The van der Waals surface area contributed by atoms with Gasteiger partial charge in [-0.25, -0.2) is 0 Å². The molecule has 4 rings (SSSR count). The summed E-state index contributed by atoms with van der Waals surface area (Å²) in [4.78, 5) is 19.0. The van der Waals surface area contributed by atoms with E-state index in [2.05, 4.69) is 18.2 Å². The zero-order chi connectivity index (χ0) is 16.9. The molecule has 24 heavy (non-hydrogen) atoms. The Morgan fingerprint density at radius 3 is 2.29 bits per heavy atom. The lowest BCUT2D eigenvalue weighted by Crippen LogP contribution is -1.99. The predicted molar refractivity (Wildman–Crippen MR) is 97.1 cm³/mol. The molecule has 0 atom stereocenters. The molecular weight excluding hydrogens is 323 g/mol. The molecule has 0 saturated carbocycles. The van der Waals surface area contributed by atoms with Gasteiger partial charge in [-0.2, -0.15) is 0 Å². The number of benzene rings is 4. The van der Waals surface area contributed by atoms with E-state index < -0.39 is 7.60 Å². The van der Waals surface area contributed by atoms with Gasteiger partial charge in [-0.05, 0) is 45.3 Å². The number of hydrogen-bond acceptors (Lipinski definition) is 2. The van der Waals surface area contributed by atoms with E-state index in [1.54, 1.807) is 0 Å². The normalized spacial score (nSPS) is 12.5. The molecule has 4 nitrogen and oxygen atoms in total. The highest BCUT2D eigenvalue weighted by Crippen LogP contribution is 2.47. The third-order valence-electron chi connectivity index (χ3n) is 4.38. The van der Waals surface area contributed by atoms with Gasteiger partial charge in [0.2, 0.25) is 0 Å². The quantitative estimate of drug-likeness (QED) is 0.419.